The molecule has 4 heteroatoms. The van der Waals surface area contributed by atoms with Gasteiger partial charge in [0.25, 0.3) is 0 Å². The molecule has 2 aromatic heterocycles. The molecule has 0 fully saturated rings. The molecule has 0 aliphatic rings. The van der Waals surface area contributed by atoms with Crippen LogP contribution in [0.3, 0.4) is 0 Å². The van der Waals surface area contributed by atoms with E-state index in [1.807, 2.05) is 18.5 Å². The molecule has 0 spiro atoms. The summed E-state index contributed by atoms with van der Waals surface area (Å²) in [6, 6.07) is 10.6. The number of nitrogens with one attached hydrogen (secondary N) is 2. The van der Waals surface area contributed by atoms with Gasteiger partial charge in [-0.15, -0.1) is 0 Å². The molecule has 3 aromatic rings. The van der Waals surface area contributed by atoms with Crippen LogP contribution in [0.2, 0.25) is 0 Å². The Labute approximate surface area is 124 Å². The van der Waals surface area contributed by atoms with Gasteiger partial charge >= 0.3 is 0 Å². The van der Waals surface area contributed by atoms with Crippen molar-refractivity contribution in [1.29, 1.82) is 0 Å². The smallest absolute Gasteiger partial charge is 0.123 e. The number of rotatable bonds is 6. The average Bonchev–Trinajstić information content (AvgIpc) is 3.06. The fourth-order valence-electron chi connectivity index (χ4n) is 2.61. The molecule has 0 radical (unpaired) electrons. The summed E-state index contributed by atoms with van der Waals surface area (Å²) in [4.78, 5) is 12.1. The van der Waals surface area contributed by atoms with Crippen molar-refractivity contribution < 1.29 is 0 Å². The zero-order valence-electron chi connectivity index (χ0n) is 12.2. The molecule has 0 saturated heterocycles. The number of imidazole rings is 1. The van der Waals surface area contributed by atoms with Gasteiger partial charge in [-0.1, -0.05) is 25.1 Å². The van der Waals surface area contributed by atoms with Gasteiger partial charge in [-0.3, -0.25) is 4.98 Å². The van der Waals surface area contributed by atoms with E-state index in [-0.39, 0.29) is 6.04 Å². The molecule has 0 aliphatic carbocycles. The highest BCUT2D eigenvalue weighted by Gasteiger charge is 2.15. The fraction of sp³-hybridized carbons (Fsp3) is 0.294. The van der Waals surface area contributed by atoms with E-state index < -0.39 is 0 Å². The summed E-state index contributed by atoms with van der Waals surface area (Å²) in [7, 11) is 0. The van der Waals surface area contributed by atoms with Crippen LogP contribution in [0, 0.1) is 0 Å². The van der Waals surface area contributed by atoms with E-state index in [4.69, 9.17) is 0 Å². The van der Waals surface area contributed by atoms with Gasteiger partial charge in [-0.05, 0) is 37.1 Å². The minimum Gasteiger partial charge on any atom is -0.347 e. The first-order chi connectivity index (χ1) is 10.4. The van der Waals surface area contributed by atoms with E-state index in [2.05, 4.69) is 51.5 Å². The molecule has 3 rings (SSSR count). The van der Waals surface area contributed by atoms with Crippen LogP contribution < -0.4 is 5.32 Å². The minimum absolute atomic E-state index is 0.200. The number of benzene rings is 1. The van der Waals surface area contributed by atoms with E-state index in [0.29, 0.717) is 0 Å². The number of aromatic amines is 1. The Morgan fingerprint density at radius 2 is 2.05 bits per heavy atom. The number of pyridine rings is 1. The van der Waals surface area contributed by atoms with Crippen molar-refractivity contribution in [3.8, 4) is 0 Å². The Morgan fingerprint density at radius 3 is 2.86 bits per heavy atom. The number of hydrogen-bond donors (Lipinski definition) is 2. The second kappa shape index (κ2) is 6.50. The number of hydrogen-bond acceptors (Lipinski definition) is 3. The summed E-state index contributed by atoms with van der Waals surface area (Å²) in [5, 5.41) is 4.79. The van der Waals surface area contributed by atoms with E-state index >= 15 is 0 Å². The van der Waals surface area contributed by atoms with Gasteiger partial charge in [0.15, 0.2) is 0 Å². The van der Waals surface area contributed by atoms with Crippen LogP contribution >= 0.6 is 0 Å². The lowest BCUT2D eigenvalue weighted by molar-refractivity contribution is 0.509. The predicted molar refractivity (Wildman–Crippen MR) is 85.1 cm³/mol. The average molecular weight is 280 g/mol. The quantitative estimate of drug-likeness (QED) is 0.729. The first kappa shape index (κ1) is 13.8. The number of fused-ring (bicyclic) bond motifs is 1. The molecule has 0 amide bonds. The van der Waals surface area contributed by atoms with Gasteiger partial charge in [-0.2, -0.15) is 0 Å². The molecule has 2 heterocycles. The first-order valence-corrected chi connectivity index (χ1v) is 7.43. The van der Waals surface area contributed by atoms with Gasteiger partial charge in [0.2, 0.25) is 0 Å². The van der Waals surface area contributed by atoms with Crippen LogP contribution in [-0.4, -0.2) is 21.5 Å². The van der Waals surface area contributed by atoms with Crippen LogP contribution in [0.15, 0.2) is 48.9 Å². The highest BCUT2D eigenvalue weighted by atomic mass is 15.0. The summed E-state index contributed by atoms with van der Waals surface area (Å²) in [6.07, 6.45) is 7.57. The van der Waals surface area contributed by atoms with E-state index in [9.17, 15) is 0 Å². The second-order valence-electron chi connectivity index (χ2n) is 5.17. The Balaban J connectivity index is 1.90. The monoisotopic (exact) mass is 280 g/mol. The lowest BCUT2D eigenvalue weighted by atomic mass is 10.0. The van der Waals surface area contributed by atoms with Crippen LogP contribution in [0.1, 0.15) is 30.8 Å². The first-order valence-electron chi connectivity index (χ1n) is 7.43. The summed E-state index contributed by atoms with van der Waals surface area (Å²) in [5.41, 5.74) is 2.34. The predicted octanol–water partition coefficient (Wildman–Crippen LogP) is 3.24. The molecule has 0 bridgehead atoms. The normalized spacial score (nSPS) is 12.6. The molecule has 21 heavy (non-hydrogen) atoms. The van der Waals surface area contributed by atoms with Crippen molar-refractivity contribution in [3.63, 3.8) is 0 Å². The van der Waals surface area contributed by atoms with Crippen molar-refractivity contribution in [1.82, 2.24) is 20.3 Å². The molecular formula is C17H20N4. The zero-order valence-corrected chi connectivity index (χ0v) is 12.2. The van der Waals surface area contributed by atoms with Crippen molar-refractivity contribution in [2.45, 2.75) is 25.8 Å². The van der Waals surface area contributed by atoms with Crippen LogP contribution in [0.4, 0.5) is 0 Å². The second-order valence-corrected chi connectivity index (χ2v) is 5.17. The summed E-state index contributed by atoms with van der Waals surface area (Å²) in [6.45, 7) is 3.16. The molecular weight excluding hydrogens is 260 g/mol. The topological polar surface area (TPSA) is 53.6 Å². The van der Waals surface area contributed by atoms with Crippen LogP contribution in [0.25, 0.3) is 10.9 Å². The third-order valence-corrected chi connectivity index (χ3v) is 3.65. The van der Waals surface area contributed by atoms with Gasteiger partial charge < -0.3 is 10.3 Å². The molecule has 1 unspecified atom stereocenters. The van der Waals surface area contributed by atoms with Gasteiger partial charge in [0.1, 0.15) is 5.82 Å². The fourth-order valence-corrected chi connectivity index (χ4v) is 2.61. The van der Waals surface area contributed by atoms with E-state index in [1.54, 1.807) is 6.20 Å². The number of nitrogens with zero attached hydrogens (tertiary/aromatic N) is 2. The number of H-pyrrole nitrogens is 1. The van der Waals surface area contributed by atoms with Crippen LogP contribution in [0.5, 0.6) is 0 Å². The van der Waals surface area contributed by atoms with Gasteiger partial charge in [0, 0.05) is 24.0 Å². The molecule has 0 saturated carbocycles. The molecule has 108 valence electrons. The molecule has 4 nitrogen and oxygen atoms in total. The number of aromatic nitrogens is 3. The lowest BCUT2D eigenvalue weighted by Gasteiger charge is -2.17. The third-order valence-electron chi connectivity index (χ3n) is 3.65. The van der Waals surface area contributed by atoms with Crippen molar-refractivity contribution in [2.75, 3.05) is 6.54 Å². The molecule has 1 aromatic carbocycles. The Kier molecular flexibility index (Phi) is 4.26. The van der Waals surface area contributed by atoms with Gasteiger partial charge in [-0.25, -0.2) is 4.98 Å². The van der Waals surface area contributed by atoms with E-state index in [0.717, 1.165) is 30.7 Å². The SMILES string of the molecule is CCCNC(Cc1ccnc2ccccc12)c1ncc[nH]1. The van der Waals surface area contributed by atoms with E-state index in [1.165, 1.54) is 10.9 Å². The largest absolute Gasteiger partial charge is 0.347 e. The Morgan fingerprint density at radius 1 is 1.14 bits per heavy atom. The molecule has 2 N–H and O–H groups in total. The summed E-state index contributed by atoms with van der Waals surface area (Å²) in [5.74, 6) is 0.990. The number of para-hydroxylation sites is 1. The van der Waals surface area contributed by atoms with Crippen molar-refractivity contribution in [2.24, 2.45) is 0 Å². The maximum Gasteiger partial charge on any atom is 0.123 e. The van der Waals surface area contributed by atoms with Crippen LogP contribution in [-0.2, 0) is 6.42 Å². The minimum atomic E-state index is 0.200. The van der Waals surface area contributed by atoms with Crippen molar-refractivity contribution in [3.05, 3.63) is 60.3 Å². The maximum atomic E-state index is 4.43. The Hall–Kier alpha value is -2.20. The lowest BCUT2D eigenvalue weighted by Crippen LogP contribution is -2.25. The molecule has 0 aliphatic heterocycles. The highest BCUT2D eigenvalue weighted by molar-refractivity contribution is 5.81. The third kappa shape index (κ3) is 3.11. The molecule has 1 atom stereocenters. The standard InChI is InChI=1S/C17H20N4/c1-2-8-18-16(17-20-10-11-21-17)12-13-7-9-19-15-6-4-3-5-14(13)15/h3-7,9-11,16,18H,2,8,12H2,1H3,(H,20,21). The summed E-state index contributed by atoms with van der Waals surface area (Å²) < 4.78 is 0. The Bertz CT molecular complexity index is 686. The zero-order chi connectivity index (χ0) is 14.5. The highest BCUT2D eigenvalue weighted by Crippen LogP contribution is 2.22. The maximum absolute atomic E-state index is 4.43. The summed E-state index contributed by atoms with van der Waals surface area (Å²) >= 11 is 0. The van der Waals surface area contributed by atoms with Gasteiger partial charge in [0.05, 0.1) is 11.6 Å². The van der Waals surface area contributed by atoms with Crippen molar-refractivity contribution >= 4 is 10.9 Å².